The fraction of sp³-hybridized carbons (Fsp3) is 0.0435. The zero-order valence-corrected chi connectivity index (χ0v) is 13.5. The molecular formula is C23H19N. The Morgan fingerprint density at radius 3 is 2.71 bits per heavy atom. The van der Waals surface area contributed by atoms with Crippen LogP contribution < -0.4 is 4.90 Å². The molecule has 4 rings (SSSR count). The molecule has 1 heterocycles. The lowest BCUT2D eigenvalue weighted by atomic mass is 10.0. The SMILES string of the molecule is C=C1/C=C\C=C/N(c2cccc(C3=CC=CC3)c2)c2ccccc21. The van der Waals surface area contributed by atoms with Crippen molar-refractivity contribution in [2.45, 2.75) is 6.42 Å². The van der Waals surface area contributed by atoms with Crippen LogP contribution in [0.25, 0.3) is 11.1 Å². The van der Waals surface area contributed by atoms with Gasteiger partial charge < -0.3 is 4.90 Å². The van der Waals surface area contributed by atoms with E-state index in [-0.39, 0.29) is 0 Å². The molecule has 2 aromatic rings. The van der Waals surface area contributed by atoms with Crippen molar-refractivity contribution in [1.82, 2.24) is 0 Å². The molecule has 2 aromatic carbocycles. The van der Waals surface area contributed by atoms with Crippen molar-refractivity contribution >= 4 is 22.5 Å². The summed E-state index contributed by atoms with van der Waals surface area (Å²) in [4.78, 5) is 2.23. The van der Waals surface area contributed by atoms with Gasteiger partial charge >= 0.3 is 0 Å². The van der Waals surface area contributed by atoms with Crippen molar-refractivity contribution in [3.05, 3.63) is 109 Å². The number of rotatable bonds is 2. The first-order valence-corrected chi connectivity index (χ1v) is 8.21. The summed E-state index contributed by atoms with van der Waals surface area (Å²) < 4.78 is 0. The Morgan fingerprint density at radius 2 is 1.83 bits per heavy atom. The Bertz CT molecular complexity index is 909. The Hall–Kier alpha value is -3.06. The third-order valence-corrected chi connectivity index (χ3v) is 4.42. The topological polar surface area (TPSA) is 3.24 Å². The van der Waals surface area contributed by atoms with E-state index < -0.39 is 0 Å². The zero-order chi connectivity index (χ0) is 16.4. The van der Waals surface area contributed by atoms with Crippen molar-refractivity contribution < 1.29 is 0 Å². The molecular weight excluding hydrogens is 290 g/mol. The van der Waals surface area contributed by atoms with Crippen LogP contribution in [-0.2, 0) is 0 Å². The summed E-state index contributed by atoms with van der Waals surface area (Å²) in [7, 11) is 0. The van der Waals surface area contributed by atoms with Gasteiger partial charge in [0.2, 0.25) is 0 Å². The molecule has 116 valence electrons. The van der Waals surface area contributed by atoms with Crippen molar-refractivity contribution in [2.24, 2.45) is 0 Å². The highest BCUT2D eigenvalue weighted by Gasteiger charge is 2.14. The molecule has 0 amide bonds. The lowest BCUT2D eigenvalue weighted by molar-refractivity contribution is 1.26. The summed E-state index contributed by atoms with van der Waals surface area (Å²) in [5, 5.41) is 0. The summed E-state index contributed by atoms with van der Waals surface area (Å²) in [6, 6.07) is 17.1. The average Bonchev–Trinajstić information content (AvgIpc) is 3.15. The summed E-state index contributed by atoms with van der Waals surface area (Å²) in [5.74, 6) is 0. The normalized spacial score (nSPS) is 18.6. The largest absolute Gasteiger partial charge is 0.317 e. The molecule has 0 saturated heterocycles. The Balaban J connectivity index is 1.82. The van der Waals surface area contributed by atoms with Crippen molar-refractivity contribution in [3.63, 3.8) is 0 Å². The second kappa shape index (κ2) is 6.21. The number of allylic oxidation sites excluding steroid dienone is 8. The molecule has 1 aliphatic carbocycles. The lowest BCUT2D eigenvalue weighted by Crippen LogP contribution is -2.11. The zero-order valence-electron chi connectivity index (χ0n) is 13.5. The predicted molar refractivity (Wildman–Crippen MR) is 104 cm³/mol. The molecule has 0 spiro atoms. The van der Waals surface area contributed by atoms with Gasteiger partial charge in [-0.05, 0) is 47.4 Å². The van der Waals surface area contributed by atoms with Crippen molar-refractivity contribution in [2.75, 3.05) is 4.90 Å². The monoisotopic (exact) mass is 309 g/mol. The molecule has 0 bridgehead atoms. The third-order valence-electron chi connectivity index (χ3n) is 4.42. The van der Waals surface area contributed by atoms with Gasteiger partial charge in [0.25, 0.3) is 0 Å². The van der Waals surface area contributed by atoms with Crippen LogP contribution in [0.15, 0.2) is 97.8 Å². The summed E-state index contributed by atoms with van der Waals surface area (Å²) in [6.45, 7) is 4.20. The van der Waals surface area contributed by atoms with Crippen molar-refractivity contribution in [1.29, 1.82) is 0 Å². The average molecular weight is 309 g/mol. The first kappa shape index (κ1) is 14.5. The van der Waals surface area contributed by atoms with E-state index in [1.54, 1.807) is 0 Å². The second-order valence-electron chi connectivity index (χ2n) is 5.99. The van der Waals surface area contributed by atoms with E-state index in [4.69, 9.17) is 0 Å². The van der Waals surface area contributed by atoms with Crippen LogP contribution in [0.1, 0.15) is 17.5 Å². The van der Waals surface area contributed by atoms with E-state index in [0.29, 0.717) is 0 Å². The van der Waals surface area contributed by atoms with Crippen LogP contribution in [-0.4, -0.2) is 0 Å². The quantitative estimate of drug-likeness (QED) is 0.632. The molecule has 1 heteroatoms. The van der Waals surface area contributed by atoms with Gasteiger partial charge in [-0.1, -0.05) is 67.3 Å². The second-order valence-corrected chi connectivity index (χ2v) is 5.99. The minimum Gasteiger partial charge on any atom is -0.317 e. The van der Waals surface area contributed by atoms with Crippen molar-refractivity contribution in [3.8, 4) is 0 Å². The Morgan fingerprint density at radius 1 is 0.917 bits per heavy atom. The first-order chi connectivity index (χ1) is 11.8. The molecule has 0 unspecified atom stereocenters. The first-order valence-electron chi connectivity index (χ1n) is 8.21. The van der Waals surface area contributed by atoms with E-state index >= 15 is 0 Å². The standard InChI is InChI=1S/C23H19N/c1-18-9-6-7-16-24(23-15-5-4-14-22(18)23)21-13-8-12-20(17-21)19-10-2-3-11-19/h2-10,12-17H,1,11H2/b9-6-,16-7-. The highest BCUT2D eigenvalue weighted by Crippen LogP contribution is 2.35. The lowest BCUT2D eigenvalue weighted by Gasteiger charge is -2.25. The van der Waals surface area contributed by atoms with Gasteiger partial charge in [0.1, 0.15) is 0 Å². The van der Waals surface area contributed by atoms with E-state index in [1.807, 2.05) is 6.08 Å². The molecule has 0 N–H and O–H groups in total. The molecule has 0 radical (unpaired) electrons. The maximum absolute atomic E-state index is 4.20. The van der Waals surface area contributed by atoms with Crippen LogP contribution in [0.4, 0.5) is 11.4 Å². The molecule has 1 aliphatic heterocycles. The number of hydrogen-bond donors (Lipinski definition) is 0. The summed E-state index contributed by atoms with van der Waals surface area (Å²) >= 11 is 0. The van der Waals surface area contributed by atoms with Crippen LogP contribution in [0.5, 0.6) is 0 Å². The smallest absolute Gasteiger partial charge is 0.0533 e. The Labute approximate surface area is 143 Å². The Kier molecular flexibility index (Phi) is 3.76. The van der Waals surface area contributed by atoms with E-state index in [1.165, 1.54) is 11.1 Å². The number of para-hydroxylation sites is 1. The highest BCUT2D eigenvalue weighted by atomic mass is 15.1. The van der Waals surface area contributed by atoms with Gasteiger partial charge in [-0.3, -0.25) is 0 Å². The fourth-order valence-electron chi connectivity index (χ4n) is 3.17. The van der Waals surface area contributed by atoms with E-state index in [0.717, 1.165) is 28.9 Å². The van der Waals surface area contributed by atoms with E-state index in [9.17, 15) is 0 Å². The van der Waals surface area contributed by atoms with Gasteiger partial charge in [0.15, 0.2) is 0 Å². The van der Waals surface area contributed by atoms with E-state index in [2.05, 4.69) is 96.6 Å². The maximum Gasteiger partial charge on any atom is 0.0533 e. The maximum atomic E-state index is 4.20. The number of anilines is 2. The summed E-state index contributed by atoms with van der Waals surface area (Å²) in [6.07, 6.45) is 15.8. The molecule has 0 aromatic heterocycles. The van der Waals surface area contributed by atoms with Crippen LogP contribution in [0.3, 0.4) is 0 Å². The minimum atomic E-state index is 1.01. The summed E-state index contributed by atoms with van der Waals surface area (Å²) in [5.41, 5.74) is 7.14. The van der Waals surface area contributed by atoms with Crippen LogP contribution in [0.2, 0.25) is 0 Å². The van der Waals surface area contributed by atoms with Crippen LogP contribution >= 0.6 is 0 Å². The highest BCUT2D eigenvalue weighted by molar-refractivity contribution is 5.86. The van der Waals surface area contributed by atoms with Gasteiger partial charge in [0.05, 0.1) is 5.69 Å². The van der Waals surface area contributed by atoms with Gasteiger partial charge in [-0.15, -0.1) is 0 Å². The number of fused-ring (bicyclic) bond motifs is 1. The number of benzene rings is 2. The fourth-order valence-corrected chi connectivity index (χ4v) is 3.17. The molecule has 0 saturated carbocycles. The van der Waals surface area contributed by atoms with Crippen LogP contribution in [0, 0.1) is 0 Å². The van der Waals surface area contributed by atoms with Gasteiger partial charge in [-0.2, -0.15) is 0 Å². The molecule has 1 nitrogen and oxygen atoms in total. The third kappa shape index (κ3) is 2.65. The number of hydrogen-bond acceptors (Lipinski definition) is 1. The predicted octanol–water partition coefficient (Wildman–Crippen LogP) is 6.26. The molecule has 24 heavy (non-hydrogen) atoms. The van der Waals surface area contributed by atoms with Gasteiger partial charge in [0, 0.05) is 17.5 Å². The minimum absolute atomic E-state index is 1.01. The molecule has 0 atom stereocenters. The van der Waals surface area contributed by atoms with Gasteiger partial charge in [-0.25, -0.2) is 0 Å². The number of nitrogens with zero attached hydrogens (tertiary/aromatic N) is 1. The molecule has 0 fully saturated rings. The molecule has 2 aliphatic rings.